The first-order chi connectivity index (χ1) is 9.25. The Morgan fingerprint density at radius 2 is 2.00 bits per heavy atom. The zero-order valence-electron chi connectivity index (χ0n) is 11.0. The number of rotatable bonds is 3. The van der Waals surface area contributed by atoms with Crippen LogP contribution in [0.1, 0.15) is 32.1 Å². The van der Waals surface area contributed by atoms with Gasteiger partial charge in [-0.05, 0) is 31.0 Å². The van der Waals surface area contributed by atoms with Gasteiger partial charge in [0.2, 0.25) is 0 Å². The van der Waals surface area contributed by atoms with Crippen LogP contribution in [0, 0.1) is 0 Å². The van der Waals surface area contributed by atoms with Gasteiger partial charge in [0, 0.05) is 17.6 Å². The number of nitrogens with zero attached hydrogens (tertiary/aromatic N) is 1. The fraction of sp³-hybridized carbons (Fsp3) is 0.438. The van der Waals surface area contributed by atoms with Crippen LogP contribution < -0.4 is 4.74 Å². The van der Waals surface area contributed by atoms with Gasteiger partial charge >= 0.3 is 0 Å². The molecule has 1 aromatic carbocycles. The van der Waals surface area contributed by atoms with Crippen molar-refractivity contribution in [3.63, 3.8) is 0 Å². The summed E-state index contributed by atoms with van der Waals surface area (Å²) in [6.45, 7) is 0.380. The van der Waals surface area contributed by atoms with Crippen molar-refractivity contribution in [2.24, 2.45) is 0 Å². The van der Waals surface area contributed by atoms with Gasteiger partial charge in [0.25, 0.3) is 0 Å². The molecule has 1 fully saturated rings. The van der Waals surface area contributed by atoms with E-state index in [9.17, 15) is 5.11 Å². The maximum Gasteiger partial charge on any atom is 0.121 e. The summed E-state index contributed by atoms with van der Waals surface area (Å²) in [6, 6.07) is 9.83. The summed E-state index contributed by atoms with van der Waals surface area (Å²) in [5.41, 5.74) is 0.285. The van der Waals surface area contributed by atoms with Gasteiger partial charge in [-0.25, -0.2) is 0 Å². The summed E-state index contributed by atoms with van der Waals surface area (Å²) in [6.07, 6.45) is 6.89. The zero-order valence-corrected chi connectivity index (χ0v) is 11.0. The summed E-state index contributed by atoms with van der Waals surface area (Å²) < 4.78 is 5.77. The van der Waals surface area contributed by atoms with E-state index in [1.54, 1.807) is 6.20 Å². The number of fused-ring (bicyclic) bond motifs is 1. The third-order valence-corrected chi connectivity index (χ3v) is 3.87. The van der Waals surface area contributed by atoms with Gasteiger partial charge in [-0.2, -0.15) is 0 Å². The van der Waals surface area contributed by atoms with E-state index in [4.69, 9.17) is 4.74 Å². The van der Waals surface area contributed by atoms with E-state index >= 15 is 0 Å². The number of hydrogen-bond donors (Lipinski definition) is 1. The average Bonchev–Trinajstić information content (AvgIpc) is 2.46. The lowest BCUT2D eigenvalue weighted by molar-refractivity contribution is -0.0338. The Kier molecular flexibility index (Phi) is 3.38. The van der Waals surface area contributed by atoms with Gasteiger partial charge in [-0.1, -0.05) is 25.3 Å². The standard InChI is InChI=1S/C16H19NO2/c18-16(8-2-1-3-9-16)12-19-14-7-6-13-5-4-10-17-15(13)11-14/h4-7,10-11,18H,1-3,8-9,12H2. The minimum absolute atomic E-state index is 0.380. The largest absolute Gasteiger partial charge is 0.491 e. The van der Waals surface area contributed by atoms with Crippen molar-refractivity contribution in [2.75, 3.05) is 6.61 Å². The molecular weight excluding hydrogens is 238 g/mol. The molecule has 0 spiro atoms. The maximum absolute atomic E-state index is 10.4. The lowest BCUT2D eigenvalue weighted by atomic mass is 9.85. The second-order valence-electron chi connectivity index (χ2n) is 5.43. The maximum atomic E-state index is 10.4. The predicted octanol–water partition coefficient (Wildman–Crippen LogP) is 3.31. The summed E-state index contributed by atoms with van der Waals surface area (Å²) in [7, 11) is 0. The van der Waals surface area contributed by atoms with E-state index in [1.165, 1.54) is 6.42 Å². The molecule has 2 aromatic rings. The number of pyridine rings is 1. The van der Waals surface area contributed by atoms with Gasteiger partial charge in [0.15, 0.2) is 0 Å². The highest BCUT2D eigenvalue weighted by atomic mass is 16.5. The topological polar surface area (TPSA) is 42.4 Å². The van der Waals surface area contributed by atoms with Crippen molar-refractivity contribution in [1.82, 2.24) is 4.98 Å². The Morgan fingerprint density at radius 3 is 2.84 bits per heavy atom. The molecule has 19 heavy (non-hydrogen) atoms. The lowest BCUT2D eigenvalue weighted by Gasteiger charge is -2.31. The van der Waals surface area contributed by atoms with Crippen LogP contribution in [-0.4, -0.2) is 22.3 Å². The highest BCUT2D eigenvalue weighted by Crippen LogP contribution is 2.29. The Bertz CT molecular complexity index is 561. The van der Waals surface area contributed by atoms with E-state index in [1.807, 2.05) is 30.3 Å². The summed E-state index contributed by atoms with van der Waals surface area (Å²) >= 11 is 0. The predicted molar refractivity (Wildman–Crippen MR) is 75.3 cm³/mol. The van der Waals surface area contributed by atoms with E-state index in [2.05, 4.69) is 4.98 Å². The fourth-order valence-corrected chi connectivity index (χ4v) is 2.71. The van der Waals surface area contributed by atoms with Crippen molar-refractivity contribution in [3.05, 3.63) is 36.5 Å². The highest BCUT2D eigenvalue weighted by molar-refractivity contribution is 5.79. The third-order valence-electron chi connectivity index (χ3n) is 3.87. The number of aliphatic hydroxyl groups is 1. The number of ether oxygens (including phenoxy) is 1. The molecule has 3 heteroatoms. The normalized spacial score (nSPS) is 18.4. The minimum atomic E-state index is -0.642. The van der Waals surface area contributed by atoms with Gasteiger partial charge in [-0.3, -0.25) is 4.98 Å². The monoisotopic (exact) mass is 257 g/mol. The molecule has 3 nitrogen and oxygen atoms in total. The molecule has 0 bridgehead atoms. The molecule has 0 amide bonds. The van der Waals surface area contributed by atoms with Crippen molar-refractivity contribution in [1.29, 1.82) is 0 Å². The molecular formula is C16H19NO2. The van der Waals surface area contributed by atoms with E-state index in [0.717, 1.165) is 42.3 Å². The molecule has 0 unspecified atom stereocenters. The first-order valence-electron chi connectivity index (χ1n) is 6.95. The van der Waals surface area contributed by atoms with Gasteiger partial charge in [0.1, 0.15) is 12.4 Å². The minimum Gasteiger partial charge on any atom is -0.491 e. The molecule has 1 aliphatic carbocycles. The zero-order chi connectivity index (χ0) is 13.1. The van der Waals surface area contributed by atoms with Crippen LogP contribution in [0.5, 0.6) is 5.75 Å². The third kappa shape index (κ3) is 2.87. The first kappa shape index (κ1) is 12.4. The van der Waals surface area contributed by atoms with Crippen LogP contribution in [0.2, 0.25) is 0 Å². The van der Waals surface area contributed by atoms with Crippen molar-refractivity contribution < 1.29 is 9.84 Å². The Balaban J connectivity index is 1.71. The molecule has 0 aliphatic heterocycles. The summed E-state index contributed by atoms with van der Waals surface area (Å²) in [5, 5.41) is 11.5. The molecule has 100 valence electrons. The molecule has 1 aliphatic rings. The van der Waals surface area contributed by atoms with Gasteiger partial charge < -0.3 is 9.84 Å². The summed E-state index contributed by atoms with van der Waals surface area (Å²) in [5.74, 6) is 0.783. The molecule has 0 saturated heterocycles. The van der Waals surface area contributed by atoms with E-state index in [0.29, 0.717) is 6.61 Å². The summed E-state index contributed by atoms with van der Waals surface area (Å²) in [4.78, 5) is 4.31. The van der Waals surface area contributed by atoms with Crippen molar-refractivity contribution in [3.8, 4) is 5.75 Å². The Morgan fingerprint density at radius 1 is 1.16 bits per heavy atom. The van der Waals surface area contributed by atoms with E-state index < -0.39 is 5.60 Å². The van der Waals surface area contributed by atoms with Crippen LogP contribution in [0.4, 0.5) is 0 Å². The molecule has 1 N–H and O–H groups in total. The van der Waals surface area contributed by atoms with Gasteiger partial charge in [0.05, 0.1) is 11.1 Å². The molecule has 3 rings (SSSR count). The SMILES string of the molecule is OC1(COc2ccc3cccnc3c2)CCCCC1. The molecule has 1 heterocycles. The smallest absolute Gasteiger partial charge is 0.121 e. The van der Waals surface area contributed by atoms with Crippen molar-refractivity contribution in [2.45, 2.75) is 37.7 Å². The van der Waals surface area contributed by atoms with Crippen LogP contribution in [0.25, 0.3) is 10.9 Å². The van der Waals surface area contributed by atoms with Gasteiger partial charge in [-0.15, -0.1) is 0 Å². The molecule has 1 aromatic heterocycles. The second kappa shape index (κ2) is 5.17. The van der Waals surface area contributed by atoms with Crippen LogP contribution in [0.3, 0.4) is 0 Å². The van der Waals surface area contributed by atoms with Crippen LogP contribution in [-0.2, 0) is 0 Å². The molecule has 1 saturated carbocycles. The second-order valence-corrected chi connectivity index (χ2v) is 5.43. The lowest BCUT2D eigenvalue weighted by Crippen LogP contribution is -2.37. The Hall–Kier alpha value is -1.61. The first-order valence-corrected chi connectivity index (χ1v) is 6.95. The number of hydrogen-bond acceptors (Lipinski definition) is 3. The number of benzene rings is 1. The molecule has 0 radical (unpaired) electrons. The molecule has 0 atom stereocenters. The quantitative estimate of drug-likeness (QED) is 0.917. The Labute approximate surface area is 113 Å². The fourth-order valence-electron chi connectivity index (χ4n) is 2.71. The van der Waals surface area contributed by atoms with Crippen LogP contribution >= 0.6 is 0 Å². The average molecular weight is 257 g/mol. The highest BCUT2D eigenvalue weighted by Gasteiger charge is 2.29. The number of aromatic nitrogens is 1. The van der Waals surface area contributed by atoms with Crippen LogP contribution in [0.15, 0.2) is 36.5 Å². The van der Waals surface area contributed by atoms with E-state index in [-0.39, 0.29) is 0 Å². The van der Waals surface area contributed by atoms with Crippen molar-refractivity contribution >= 4 is 10.9 Å².